The molecule has 4 aliphatic rings. The molecule has 98 valence electrons. The summed E-state index contributed by atoms with van der Waals surface area (Å²) in [6, 6.07) is 1.26. The molecule has 0 aromatic carbocycles. The molecule has 0 aromatic rings. The summed E-state index contributed by atoms with van der Waals surface area (Å²) in [7, 11) is 0. The van der Waals surface area contributed by atoms with Gasteiger partial charge in [0.2, 0.25) is 0 Å². The lowest BCUT2D eigenvalue weighted by Crippen LogP contribution is -2.57. The largest absolute Gasteiger partial charge is 0.361 e. The number of terminal acetylenes is 1. The lowest BCUT2D eigenvalue weighted by molar-refractivity contribution is 0.0248. The van der Waals surface area contributed by atoms with Gasteiger partial charge in [0.25, 0.3) is 0 Å². The average molecular weight is 263 g/mol. The Kier molecular flexibility index (Phi) is 3.45. The first-order chi connectivity index (χ1) is 8.76. The number of rotatable bonds is 3. The molecule has 4 fully saturated rings. The molecule has 4 heteroatoms. The van der Waals surface area contributed by atoms with E-state index in [4.69, 9.17) is 18.6 Å². The number of fused-ring (bicyclic) bond motifs is 3. The second kappa shape index (κ2) is 5.07. The van der Waals surface area contributed by atoms with E-state index < -0.39 is 0 Å². The first-order valence-electron chi connectivity index (χ1n) is 7.01. The summed E-state index contributed by atoms with van der Waals surface area (Å²) >= 11 is 5.30. The summed E-state index contributed by atoms with van der Waals surface area (Å²) in [5.41, 5.74) is 0. The van der Waals surface area contributed by atoms with Crippen molar-refractivity contribution in [3.8, 4) is 12.3 Å². The number of thiocarbonyl (C=S) groups is 1. The minimum absolute atomic E-state index is 0.478. The Hall–Kier alpha value is -0.790. The van der Waals surface area contributed by atoms with E-state index in [2.05, 4.69) is 21.5 Å². The Bertz CT molecular complexity index is 372. The van der Waals surface area contributed by atoms with Crippen molar-refractivity contribution in [2.45, 2.75) is 37.8 Å². The van der Waals surface area contributed by atoms with Gasteiger partial charge in [0.15, 0.2) is 5.11 Å². The van der Waals surface area contributed by atoms with Crippen LogP contribution in [-0.4, -0.2) is 41.7 Å². The highest BCUT2D eigenvalue weighted by atomic mass is 32.1. The van der Waals surface area contributed by atoms with E-state index in [0.29, 0.717) is 18.0 Å². The summed E-state index contributed by atoms with van der Waals surface area (Å²) < 4.78 is 0. The molecule has 18 heavy (non-hydrogen) atoms. The third kappa shape index (κ3) is 2.62. The molecule has 0 aromatic heterocycles. The van der Waals surface area contributed by atoms with Crippen LogP contribution in [0.3, 0.4) is 0 Å². The zero-order chi connectivity index (χ0) is 12.5. The third-order valence-corrected chi connectivity index (χ3v) is 4.77. The minimum atomic E-state index is 0.478. The molecule has 0 amide bonds. The molecule has 2 bridgehead atoms. The molecule has 0 radical (unpaired) electrons. The van der Waals surface area contributed by atoms with Crippen molar-refractivity contribution in [3.63, 3.8) is 0 Å². The van der Waals surface area contributed by atoms with Crippen LogP contribution in [0, 0.1) is 24.2 Å². The van der Waals surface area contributed by atoms with E-state index in [9.17, 15) is 0 Å². The van der Waals surface area contributed by atoms with Crippen LogP contribution in [0.1, 0.15) is 25.7 Å². The molecule has 4 atom stereocenters. The predicted molar refractivity (Wildman–Crippen MR) is 77.2 cm³/mol. The van der Waals surface area contributed by atoms with Crippen LogP contribution in [0.15, 0.2) is 0 Å². The lowest BCUT2D eigenvalue weighted by Gasteiger charge is -2.48. The van der Waals surface area contributed by atoms with E-state index in [-0.39, 0.29) is 0 Å². The van der Waals surface area contributed by atoms with Crippen molar-refractivity contribution in [2.75, 3.05) is 19.6 Å². The zero-order valence-corrected chi connectivity index (χ0v) is 11.5. The molecule has 0 spiro atoms. The van der Waals surface area contributed by atoms with Crippen molar-refractivity contribution in [2.24, 2.45) is 11.8 Å². The van der Waals surface area contributed by atoms with Crippen LogP contribution < -0.4 is 10.6 Å². The van der Waals surface area contributed by atoms with Gasteiger partial charge in [-0.1, -0.05) is 0 Å². The molecule has 4 rings (SSSR count). The van der Waals surface area contributed by atoms with Gasteiger partial charge in [-0.25, -0.2) is 0 Å². The van der Waals surface area contributed by atoms with Crippen molar-refractivity contribution >= 4 is 17.3 Å². The summed E-state index contributed by atoms with van der Waals surface area (Å²) in [4.78, 5) is 2.54. The van der Waals surface area contributed by atoms with Gasteiger partial charge in [-0.15, -0.1) is 12.3 Å². The molecule has 1 aliphatic carbocycles. The highest BCUT2D eigenvalue weighted by Gasteiger charge is 2.39. The van der Waals surface area contributed by atoms with Crippen LogP contribution in [0.5, 0.6) is 0 Å². The fourth-order valence-electron chi connectivity index (χ4n) is 3.21. The van der Waals surface area contributed by atoms with Gasteiger partial charge < -0.3 is 10.6 Å². The minimum Gasteiger partial charge on any atom is -0.361 e. The van der Waals surface area contributed by atoms with Gasteiger partial charge in [-0.05, 0) is 50.4 Å². The second-order valence-corrected chi connectivity index (χ2v) is 6.24. The first-order valence-corrected chi connectivity index (χ1v) is 7.41. The Morgan fingerprint density at radius 2 is 2.22 bits per heavy atom. The van der Waals surface area contributed by atoms with Crippen molar-refractivity contribution in [1.29, 1.82) is 0 Å². The summed E-state index contributed by atoms with van der Waals surface area (Å²) in [5.74, 6) is 4.17. The van der Waals surface area contributed by atoms with Crippen LogP contribution >= 0.6 is 12.2 Å². The number of hydrogen-bond donors (Lipinski definition) is 2. The topological polar surface area (TPSA) is 27.3 Å². The average Bonchev–Trinajstić information content (AvgIpc) is 3.21. The second-order valence-electron chi connectivity index (χ2n) is 5.84. The SMILES string of the molecule is C#C[C@H]1CN2CC[C@H]1C[C@@H]2CNC(=S)NC1CC1. The van der Waals surface area contributed by atoms with Crippen molar-refractivity contribution < 1.29 is 0 Å². The highest BCUT2D eigenvalue weighted by molar-refractivity contribution is 7.80. The van der Waals surface area contributed by atoms with E-state index in [1.54, 1.807) is 0 Å². The van der Waals surface area contributed by atoms with E-state index in [1.807, 2.05) is 0 Å². The third-order valence-electron chi connectivity index (χ3n) is 4.50. The molecule has 3 saturated heterocycles. The van der Waals surface area contributed by atoms with Gasteiger partial charge >= 0.3 is 0 Å². The molecule has 1 saturated carbocycles. The van der Waals surface area contributed by atoms with Crippen LogP contribution in [0.2, 0.25) is 0 Å². The normalized spacial score (nSPS) is 37.9. The molecule has 2 N–H and O–H groups in total. The molecular formula is C14H21N3S. The maximum Gasteiger partial charge on any atom is 0.166 e. The van der Waals surface area contributed by atoms with E-state index >= 15 is 0 Å². The van der Waals surface area contributed by atoms with Crippen molar-refractivity contribution in [3.05, 3.63) is 0 Å². The monoisotopic (exact) mass is 263 g/mol. The summed E-state index contributed by atoms with van der Waals surface area (Å²) in [5, 5.41) is 7.52. The number of piperidine rings is 3. The highest BCUT2D eigenvalue weighted by Crippen LogP contribution is 2.35. The number of hydrogen-bond acceptors (Lipinski definition) is 2. The first kappa shape index (κ1) is 12.3. The van der Waals surface area contributed by atoms with Gasteiger partial charge in [-0.2, -0.15) is 0 Å². The molecule has 3 heterocycles. The lowest BCUT2D eigenvalue weighted by atomic mass is 9.76. The van der Waals surface area contributed by atoms with Gasteiger partial charge in [0.05, 0.1) is 0 Å². The van der Waals surface area contributed by atoms with Crippen LogP contribution in [-0.2, 0) is 0 Å². The fourth-order valence-corrected chi connectivity index (χ4v) is 3.46. The Labute approximate surface area is 115 Å². The van der Waals surface area contributed by atoms with Gasteiger partial charge in [-0.3, -0.25) is 4.90 Å². The molecule has 3 nitrogen and oxygen atoms in total. The van der Waals surface area contributed by atoms with Crippen LogP contribution in [0.4, 0.5) is 0 Å². The summed E-state index contributed by atoms with van der Waals surface area (Å²) in [6.45, 7) is 3.25. The Balaban J connectivity index is 1.46. The fraction of sp³-hybridized carbons (Fsp3) is 0.786. The van der Waals surface area contributed by atoms with Crippen molar-refractivity contribution in [1.82, 2.24) is 15.5 Å². The standard InChI is InChI=1S/C14H21N3S/c1-2-10-9-17-6-5-11(10)7-13(17)8-15-14(18)16-12-3-4-12/h1,10-13H,3-9H2,(H2,15,16,18)/t10-,11-,13+/m0/s1. The molecule has 3 aliphatic heterocycles. The quantitative estimate of drug-likeness (QED) is 0.586. The summed E-state index contributed by atoms with van der Waals surface area (Å²) in [6.07, 6.45) is 10.6. The predicted octanol–water partition coefficient (Wildman–Crippen LogP) is 0.957. The smallest absolute Gasteiger partial charge is 0.166 e. The Morgan fingerprint density at radius 3 is 2.83 bits per heavy atom. The molecular weight excluding hydrogens is 242 g/mol. The number of nitrogens with one attached hydrogen (secondary N) is 2. The maximum atomic E-state index is 5.60. The van der Waals surface area contributed by atoms with Crippen LogP contribution in [0.25, 0.3) is 0 Å². The number of nitrogens with zero attached hydrogens (tertiary/aromatic N) is 1. The van der Waals surface area contributed by atoms with E-state index in [0.717, 1.165) is 24.1 Å². The molecule has 1 unspecified atom stereocenters. The van der Waals surface area contributed by atoms with Gasteiger partial charge in [0, 0.05) is 31.1 Å². The zero-order valence-electron chi connectivity index (χ0n) is 10.7. The van der Waals surface area contributed by atoms with Gasteiger partial charge in [0.1, 0.15) is 0 Å². The Morgan fingerprint density at radius 1 is 1.39 bits per heavy atom. The maximum absolute atomic E-state index is 5.60. The van der Waals surface area contributed by atoms with E-state index in [1.165, 1.54) is 32.2 Å².